The summed E-state index contributed by atoms with van der Waals surface area (Å²) in [5, 5.41) is 2.74. The molecule has 0 fully saturated rings. The highest BCUT2D eigenvalue weighted by Crippen LogP contribution is 2.23. The van der Waals surface area contributed by atoms with Crippen LogP contribution in [0, 0.1) is 5.82 Å². The maximum absolute atomic E-state index is 13.1. The van der Waals surface area contributed by atoms with Gasteiger partial charge < -0.3 is 15.3 Å². The lowest BCUT2D eigenvalue weighted by Crippen LogP contribution is -2.15. The van der Waals surface area contributed by atoms with Crippen molar-refractivity contribution in [3.8, 4) is 11.4 Å². The lowest BCUT2D eigenvalue weighted by molar-refractivity contribution is 0.102. The minimum Gasteiger partial charge on any atom is -0.338 e. The van der Waals surface area contributed by atoms with Gasteiger partial charge in [0.15, 0.2) is 0 Å². The second-order valence-corrected chi connectivity index (χ2v) is 5.72. The summed E-state index contributed by atoms with van der Waals surface area (Å²) in [4.78, 5) is 33.6. The standard InChI is InChI=1S/C19H13FN4O2/c20-13-3-1-11(2-4-13)18-23-15-6-5-14(10-16(15)24-18)22-19(26)12-7-8-21-17(25)9-12/h1-10H,(H,21,25)(H,22,26)(H,23,24). The van der Waals surface area contributed by atoms with E-state index in [9.17, 15) is 14.0 Å². The van der Waals surface area contributed by atoms with Crippen LogP contribution in [-0.4, -0.2) is 20.9 Å². The number of rotatable bonds is 3. The molecular weight excluding hydrogens is 335 g/mol. The molecule has 0 radical (unpaired) electrons. The van der Waals surface area contributed by atoms with E-state index in [-0.39, 0.29) is 22.8 Å². The number of carbonyl (C=O) groups excluding carboxylic acids is 1. The topological polar surface area (TPSA) is 90.6 Å². The molecule has 4 aromatic rings. The molecule has 1 amide bonds. The fourth-order valence-electron chi connectivity index (χ4n) is 2.62. The summed E-state index contributed by atoms with van der Waals surface area (Å²) in [6.07, 6.45) is 1.42. The van der Waals surface area contributed by atoms with Gasteiger partial charge >= 0.3 is 0 Å². The number of aromatic amines is 2. The molecule has 0 aliphatic rings. The highest BCUT2D eigenvalue weighted by Gasteiger charge is 2.09. The normalized spacial score (nSPS) is 10.8. The largest absolute Gasteiger partial charge is 0.338 e. The van der Waals surface area contributed by atoms with Gasteiger partial charge in [-0.1, -0.05) is 0 Å². The molecule has 0 atom stereocenters. The van der Waals surface area contributed by atoms with Gasteiger partial charge in [-0.05, 0) is 48.5 Å². The molecule has 0 bridgehead atoms. The SMILES string of the molecule is O=C(Nc1ccc2nc(-c3ccc(F)cc3)[nH]c2c1)c1cc[nH]c(=O)c1. The fraction of sp³-hybridized carbons (Fsp3) is 0. The molecule has 0 saturated heterocycles. The van der Waals surface area contributed by atoms with Crippen LogP contribution in [-0.2, 0) is 0 Å². The zero-order valence-electron chi connectivity index (χ0n) is 13.4. The average Bonchev–Trinajstić information content (AvgIpc) is 3.05. The van der Waals surface area contributed by atoms with Gasteiger partial charge in [-0.2, -0.15) is 0 Å². The van der Waals surface area contributed by atoms with Crippen molar-refractivity contribution in [2.75, 3.05) is 5.32 Å². The number of nitrogens with one attached hydrogen (secondary N) is 3. The number of hydrogen-bond acceptors (Lipinski definition) is 3. The number of imidazole rings is 1. The molecule has 0 unspecified atom stereocenters. The van der Waals surface area contributed by atoms with E-state index in [4.69, 9.17) is 0 Å². The molecule has 3 N–H and O–H groups in total. The number of carbonyl (C=O) groups is 1. The molecule has 26 heavy (non-hydrogen) atoms. The summed E-state index contributed by atoms with van der Waals surface area (Å²) in [5.74, 6) is -0.0820. The third-order valence-electron chi connectivity index (χ3n) is 3.89. The Hall–Kier alpha value is -3.74. The second-order valence-electron chi connectivity index (χ2n) is 5.72. The van der Waals surface area contributed by atoms with Crippen LogP contribution >= 0.6 is 0 Å². The van der Waals surface area contributed by atoms with Crippen molar-refractivity contribution < 1.29 is 9.18 Å². The average molecular weight is 348 g/mol. The Bertz CT molecular complexity index is 1160. The van der Waals surface area contributed by atoms with Crippen molar-refractivity contribution >= 4 is 22.6 Å². The van der Waals surface area contributed by atoms with Crippen LogP contribution in [0.4, 0.5) is 10.1 Å². The summed E-state index contributed by atoms with van der Waals surface area (Å²) >= 11 is 0. The Kier molecular flexibility index (Phi) is 3.81. The maximum atomic E-state index is 13.1. The van der Waals surface area contributed by atoms with E-state index in [1.165, 1.54) is 30.5 Å². The number of aromatic nitrogens is 3. The second kappa shape index (κ2) is 6.29. The minimum atomic E-state index is -0.381. The van der Waals surface area contributed by atoms with Crippen molar-refractivity contribution in [3.05, 3.63) is 82.5 Å². The quantitative estimate of drug-likeness (QED) is 0.530. The van der Waals surface area contributed by atoms with Gasteiger partial charge in [-0.15, -0.1) is 0 Å². The first-order chi connectivity index (χ1) is 12.6. The molecule has 0 aliphatic carbocycles. The molecule has 0 spiro atoms. The molecule has 7 heteroatoms. The number of pyridine rings is 1. The van der Waals surface area contributed by atoms with Crippen LogP contribution < -0.4 is 10.9 Å². The number of amides is 1. The number of fused-ring (bicyclic) bond motifs is 1. The van der Waals surface area contributed by atoms with E-state index in [2.05, 4.69) is 20.3 Å². The molecule has 128 valence electrons. The first kappa shape index (κ1) is 15.8. The predicted octanol–water partition coefficient (Wildman–Crippen LogP) is 3.31. The number of anilines is 1. The van der Waals surface area contributed by atoms with Crippen LogP contribution in [0.3, 0.4) is 0 Å². The van der Waals surface area contributed by atoms with E-state index in [0.717, 1.165) is 16.6 Å². The van der Waals surface area contributed by atoms with E-state index >= 15 is 0 Å². The van der Waals surface area contributed by atoms with Gasteiger partial charge in [-0.25, -0.2) is 9.37 Å². The third-order valence-corrected chi connectivity index (χ3v) is 3.89. The summed E-state index contributed by atoms with van der Waals surface area (Å²) in [7, 11) is 0. The molecule has 4 rings (SSSR count). The maximum Gasteiger partial charge on any atom is 0.255 e. The number of benzene rings is 2. The lowest BCUT2D eigenvalue weighted by Gasteiger charge is -2.04. The zero-order valence-corrected chi connectivity index (χ0v) is 13.4. The number of hydrogen-bond donors (Lipinski definition) is 3. The molecule has 6 nitrogen and oxygen atoms in total. The first-order valence-corrected chi connectivity index (χ1v) is 7.84. The molecular formula is C19H13FN4O2. The number of nitrogens with zero attached hydrogens (tertiary/aromatic N) is 1. The van der Waals surface area contributed by atoms with Gasteiger partial charge in [0.05, 0.1) is 11.0 Å². The van der Waals surface area contributed by atoms with Crippen molar-refractivity contribution in [2.45, 2.75) is 0 Å². The highest BCUT2D eigenvalue weighted by atomic mass is 19.1. The molecule has 0 saturated carbocycles. The third kappa shape index (κ3) is 3.10. The molecule has 2 heterocycles. The summed E-state index contributed by atoms with van der Waals surface area (Å²) < 4.78 is 13.1. The zero-order chi connectivity index (χ0) is 18.1. The van der Waals surface area contributed by atoms with Crippen LogP contribution in [0.5, 0.6) is 0 Å². The molecule has 2 aromatic heterocycles. The van der Waals surface area contributed by atoms with E-state index in [1.807, 2.05) is 0 Å². The van der Waals surface area contributed by atoms with E-state index in [1.54, 1.807) is 30.3 Å². The van der Waals surface area contributed by atoms with E-state index in [0.29, 0.717) is 11.5 Å². The van der Waals surface area contributed by atoms with Crippen molar-refractivity contribution in [2.24, 2.45) is 0 Å². The Labute approximate surface area is 146 Å². The highest BCUT2D eigenvalue weighted by molar-refractivity contribution is 6.04. The monoisotopic (exact) mass is 348 g/mol. The van der Waals surface area contributed by atoms with Crippen molar-refractivity contribution in [3.63, 3.8) is 0 Å². The van der Waals surface area contributed by atoms with Crippen LogP contribution in [0.1, 0.15) is 10.4 Å². The van der Waals surface area contributed by atoms with Crippen molar-refractivity contribution in [1.82, 2.24) is 15.0 Å². The fourth-order valence-corrected chi connectivity index (χ4v) is 2.62. The Morgan fingerprint density at radius 3 is 2.62 bits per heavy atom. The van der Waals surface area contributed by atoms with Gasteiger partial charge in [0.1, 0.15) is 11.6 Å². The van der Waals surface area contributed by atoms with Gasteiger partial charge in [-0.3, -0.25) is 9.59 Å². The Morgan fingerprint density at radius 1 is 1.04 bits per heavy atom. The van der Waals surface area contributed by atoms with Crippen molar-refractivity contribution in [1.29, 1.82) is 0 Å². The Morgan fingerprint density at radius 2 is 1.85 bits per heavy atom. The predicted molar refractivity (Wildman–Crippen MR) is 96.5 cm³/mol. The number of halogens is 1. The minimum absolute atomic E-state index is 0.269. The summed E-state index contributed by atoms with van der Waals surface area (Å²) in [5.41, 5.74) is 2.70. The van der Waals surface area contributed by atoms with Gasteiger partial charge in [0, 0.05) is 29.1 Å². The van der Waals surface area contributed by atoms with E-state index < -0.39 is 0 Å². The molecule has 0 aliphatic heterocycles. The van der Waals surface area contributed by atoms with Crippen LogP contribution in [0.2, 0.25) is 0 Å². The first-order valence-electron chi connectivity index (χ1n) is 7.84. The smallest absolute Gasteiger partial charge is 0.255 e. The lowest BCUT2D eigenvalue weighted by atomic mass is 10.2. The van der Waals surface area contributed by atoms with Gasteiger partial charge in [0.25, 0.3) is 5.91 Å². The Balaban J connectivity index is 1.62. The number of H-pyrrole nitrogens is 2. The van der Waals surface area contributed by atoms with Crippen LogP contribution in [0.25, 0.3) is 22.4 Å². The summed E-state index contributed by atoms with van der Waals surface area (Å²) in [6, 6.07) is 14.0. The van der Waals surface area contributed by atoms with Gasteiger partial charge in [0.2, 0.25) is 5.56 Å². The van der Waals surface area contributed by atoms with Crippen LogP contribution in [0.15, 0.2) is 65.6 Å². The summed E-state index contributed by atoms with van der Waals surface area (Å²) in [6.45, 7) is 0. The molecule has 2 aromatic carbocycles.